The summed E-state index contributed by atoms with van der Waals surface area (Å²) >= 11 is 0. The van der Waals surface area contributed by atoms with E-state index in [0.29, 0.717) is 6.04 Å². The topological polar surface area (TPSA) is 12.0 Å². The summed E-state index contributed by atoms with van der Waals surface area (Å²) in [5.74, 6) is 0.971. The summed E-state index contributed by atoms with van der Waals surface area (Å²) in [5, 5.41) is 3.72. The molecule has 0 aliphatic rings. The molecule has 104 valence electrons. The van der Waals surface area contributed by atoms with Gasteiger partial charge in [0.15, 0.2) is 0 Å². The second kappa shape index (κ2) is 11.1. The molecule has 1 unspecified atom stereocenters. The van der Waals surface area contributed by atoms with Gasteiger partial charge >= 0.3 is 0 Å². The maximum Gasteiger partial charge on any atom is 0.00694 e. The molecule has 1 atom stereocenters. The van der Waals surface area contributed by atoms with Gasteiger partial charge in [-0.2, -0.15) is 0 Å². The van der Waals surface area contributed by atoms with Gasteiger partial charge in [-0.1, -0.05) is 66.7 Å². The molecule has 0 bridgehead atoms. The van der Waals surface area contributed by atoms with Gasteiger partial charge in [0.2, 0.25) is 0 Å². The first-order chi connectivity index (χ1) is 8.13. The SMILES string of the molecule is CCCC(CCC)CCC(CCC)NC(C)C. The lowest BCUT2D eigenvalue weighted by molar-refractivity contribution is 0.339. The zero-order valence-electron chi connectivity index (χ0n) is 12.9. The summed E-state index contributed by atoms with van der Waals surface area (Å²) in [5.41, 5.74) is 0. The zero-order chi connectivity index (χ0) is 13.1. The molecule has 1 N–H and O–H groups in total. The molecule has 0 amide bonds. The number of hydrogen-bond donors (Lipinski definition) is 1. The molecule has 0 fully saturated rings. The minimum Gasteiger partial charge on any atom is -0.312 e. The van der Waals surface area contributed by atoms with Crippen LogP contribution in [0.15, 0.2) is 0 Å². The van der Waals surface area contributed by atoms with Gasteiger partial charge in [-0.05, 0) is 25.2 Å². The van der Waals surface area contributed by atoms with Crippen molar-refractivity contribution < 1.29 is 0 Å². The molecule has 0 rings (SSSR count). The highest BCUT2D eigenvalue weighted by molar-refractivity contribution is 4.71. The number of rotatable bonds is 11. The minimum absolute atomic E-state index is 0.627. The van der Waals surface area contributed by atoms with E-state index in [-0.39, 0.29) is 0 Å². The van der Waals surface area contributed by atoms with E-state index in [1.165, 1.54) is 51.4 Å². The largest absolute Gasteiger partial charge is 0.312 e. The molecule has 0 aliphatic heterocycles. The third kappa shape index (κ3) is 9.64. The van der Waals surface area contributed by atoms with Crippen LogP contribution in [0.25, 0.3) is 0 Å². The quantitative estimate of drug-likeness (QED) is 0.527. The lowest BCUT2D eigenvalue weighted by Crippen LogP contribution is -2.35. The molecule has 0 spiro atoms. The fourth-order valence-corrected chi connectivity index (χ4v) is 2.82. The average Bonchev–Trinajstić information content (AvgIpc) is 2.26. The molecule has 0 aromatic rings. The second-order valence-corrected chi connectivity index (χ2v) is 5.83. The molecule has 0 saturated carbocycles. The van der Waals surface area contributed by atoms with Crippen LogP contribution in [0.5, 0.6) is 0 Å². The summed E-state index contributed by atoms with van der Waals surface area (Å²) in [6, 6.07) is 1.37. The van der Waals surface area contributed by atoms with Crippen LogP contribution in [-0.4, -0.2) is 12.1 Å². The summed E-state index contributed by atoms with van der Waals surface area (Å²) in [6.45, 7) is 11.5. The Morgan fingerprint density at radius 1 is 0.706 bits per heavy atom. The summed E-state index contributed by atoms with van der Waals surface area (Å²) in [4.78, 5) is 0. The van der Waals surface area contributed by atoms with Gasteiger partial charge in [0.05, 0.1) is 0 Å². The van der Waals surface area contributed by atoms with Gasteiger partial charge in [-0.25, -0.2) is 0 Å². The Hall–Kier alpha value is -0.0400. The number of hydrogen-bond acceptors (Lipinski definition) is 1. The maximum absolute atomic E-state index is 3.72. The lowest BCUT2D eigenvalue weighted by atomic mass is 9.90. The van der Waals surface area contributed by atoms with Crippen LogP contribution in [-0.2, 0) is 0 Å². The number of nitrogens with one attached hydrogen (secondary N) is 1. The Bertz CT molecular complexity index is 148. The molecule has 0 saturated heterocycles. The van der Waals surface area contributed by atoms with Crippen LogP contribution in [0, 0.1) is 5.92 Å². The van der Waals surface area contributed by atoms with E-state index in [2.05, 4.69) is 39.9 Å². The first kappa shape index (κ1) is 17.0. The predicted octanol–water partition coefficient (Wildman–Crippen LogP) is 5.15. The molecule has 1 heteroatoms. The molecule has 0 aromatic heterocycles. The van der Waals surface area contributed by atoms with E-state index in [1.807, 2.05) is 0 Å². The van der Waals surface area contributed by atoms with Crippen molar-refractivity contribution in [3.05, 3.63) is 0 Å². The van der Waals surface area contributed by atoms with Crippen molar-refractivity contribution in [3.63, 3.8) is 0 Å². The maximum atomic E-state index is 3.72. The fourth-order valence-electron chi connectivity index (χ4n) is 2.82. The van der Waals surface area contributed by atoms with Crippen LogP contribution in [0.2, 0.25) is 0 Å². The van der Waals surface area contributed by atoms with E-state index in [4.69, 9.17) is 0 Å². The molecule has 0 aromatic carbocycles. The van der Waals surface area contributed by atoms with Crippen LogP contribution in [0.4, 0.5) is 0 Å². The molecule has 0 aliphatic carbocycles. The van der Waals surface area contributed by atoms with Gasteiger partial charge < -0.3 is 5.32 Å². The van der Waals surface area contributed by atoms with Gasteiger partial charge in [0.1, 0.15) is 0 Å². The third-order valence-corrected chi connectivity index (χ3v) is 3.52. The van der Waals surface area contributed by atoms with Crippen molar-refractivity contribution in [2.24, 2.45) is 5.92 Å². The Kier molecular flexibility index (Phi) is 11.0. The molecule has 17 heavy (non-hydrogen) atoms. The summed E-state index contributed by atoms with van der Waals surface area (Å²) in [7, 11) is 0. The van der Waals surface area contributed by atoms with E-state index < -0.39 is 0 Å². The normalized spacial score (nSPS) is 13.6. The van der Waals surface area contributed by atoms with Crippen molar-refractivity contribution >= 4 is 0 Å². The molecule has 1 nitrogen and oxygen atoms in total. The van der Waals surface area contributed by atoms with Gasteiger partial charge in [-0.3, -0.25) is 0 Å². The highest BCUT2D eigenvalue weighted by Crippen LogP contribution is 2.21. The van der Waals surface area contributed by atoms with Gasteiger partial charge in [-0.15, -0.1) is 0 Å². The minimum atomic E-state index is 0.627. The first-order valence-corrected chi connectivity index (χ1v) is 7.89. The molecule has 0 radical (unpaired) electrons. The Balaban J connectivity index is 3.96. The molecular weight excluding hydrogens is 206 g/mol. The zero-order valence-corrected chi connectivity index (χ0v) is 12.9. The van der Waals surface area contributed by atoms with Crippen molar-refractivity contribution in [3.8, 4) is 0 Å². The van der Waals surface area contributed by atoms with E-state index in [1.54, 1.807) is 0 Å². The Labute approximate surface area is 110 Å². The predicted molar refractivity (Wildman–Crippen MR) is 79.5 cm³/mol. The van der Waals surface area contributed by atoms with Crippen LogP contribution < -0.4 is 5.32 Å². The van der Waals surface area contributed by atoms with Crippen molar-refractivity contribution in [1.29, 1.82) is 0 Å². The Morgan fingerprint density at radius 2 is 1.24 bits per heavy atom. The fraction of sp³-hybridized carbons (Fsp3) is 1.00. The Morgan fingerprint density at radius 3 is 1.65 bits per heavy atom. The highest BCUT2D eigenvalue weighted by atomic mass is 14.9. The summed E-state index contributed by atoms with van der Waals surface area (Å²) in [6.07, 6.45) is 11.0. The average molecular weight is 241 g/mol. The standard InChI is InChI=1S/C16H35N/c1-6-9-15(10-7-2)12-13-16(11-8-3)17-14(4)5/h14-17H,6-13H2,1-5H3. The smallest absolute Gasteiger partial charge is 0.00694 e. The molecule has 0 heterocycles. The van der Waals surface area contributed by atoms with Crippen molar-refractivity contribution in [2.45, 2.75) is 98.1 Å². The van der Waals surface area contributed by atoms with Gasteiger partial charge in [0, 0.05) is 12.1 Å². The molecular formula is C16H35N. The van der Waals surface area contributed by atoms with Crippen LogP contribution in [0.1, 0.15) is 86.0 Å². The lowest BCUT2D eigenvalue weighted by Gasteiger charge is -2.23. The van der Waals surface area contributed by atoms with E-state index >= 15 is 0 Å². The first-order valence-electron chi connectivity index (χ1n) is 7.89. The second-order valence-electron chi connectivity index (χ2n) is 5.83. The third-order valence-electron chi connectivity index (χ3n) is 3.52. The van der Waals surface area contributed by atoms with Crippen molar-refractivity contribution in [1.82, 2.24) is 5.32 Å². The van der Waals surface area contributed by atoms with Crippen molar-refractivity contribution in [2.75, 3.05) is 0 Å². The van der Waals surface area contributed by atoms with E-state index in [9.17, 15) is 0 Å². The highest BCUT2D eigenvalue weighted by Gasteiger charge is 2.12. The van der Waals surface area contributed by atoms with Crippen LogP contribution in [0.3, 0.4) is 0 Å². The monoisotopic (exact) mass is 241 g/mol. The van der Waals surface area contributed by atoms with Gasteiger partial charge in [0.25, 0.3) is 0 Å². The van der Waals surface area contributed by atoms with Crippen LogP contribution >= 0.6 is 0 Å². The summed E-state index contributed by atoms with van der Waals surface area (Å²) < 4.78 is 0. The van der Waals surface area contributed by atoms with E-state index in [0.717, 1.165) is 12.0 Å².